The number of benzene rings is 2. The van der Waals surface area contributed by atoms with Gasteiger partial charge in [0.1, 0.15) is 17.3 Å². The molecule has 2 aliphatic rings. The standard InChI is InChI=1S/C24H27FN2O3/c1-4-5-22-24(8-10-26-11-9-24)20-14-17(25)6-7-21(20)27(22)23(28)16-12-18(29-2)15-19(13-16)30-3/h4,6-7,12-15,22,26H,1,5,8-11H2,2-3H3/t22-/m1/s1. The number of ether oxygens (including phenoxy) is 2. The Morgan fingerprint density at radius 2 is 1.87 bits per heavy atom. The number of hydrogen-bond donors (Lipinski definition) is 1. The molecule has 0 aromatic heterocycles. The van der Waals surface area contributed by atoms with E-state index >= 15 is 0 Å². The number of carbonyl (C=O) groups is 1. The first-order valence-corrected chi connectivity index (χ1v) is 10.2. The molecule has 30 heavy (non-hydrogen) atoms. The van der Waals surface area contributed by atoms with E-state index in [-0.39, 0.29) is 23.2 Å². The van der Waals surface area contributed by atoms with Crippen LogP contribution >= 0.6 is 0 Å². The first-order chi connectivity index (χ1) is 14.5. The molecule has 2 heterocycles. The van der Waals surface area contributed by atoms with Crippen molar-refractivity contribution in [1.82, 2.24) is 5.32 Å². The molecule has 1 spiro atoms. The fraction of sp³-hybridized carbons (Fsp3) is 0.375. The highest BCUT2D eigenvalue weighted by atomic mass is 19.1. The van der Waals surface area contributed by atoms with Crippen LogP contribution in [0, 0.1) is 5.82 Å². The second-order valence-corrected chi connectivity index (χ2v) is 7.88. The monoisotopic (exact) mass is 410 g/mol. The molecule has 5 nitrogen and oxygen atoms in total. The molecule has 6 heteroatoms. The lowest BCUT2D eigenvalue weighted by Crippen LogP contribution is -2.51. The molecule has 1 N–H and O–H groups in total. The number of amides is 1. The van der Waals surface area contributed by atoms with Gasteiger partial charge in [-0.3, -0.25) is 4.79 Å². The molecule has 2 aliphatic heterocycles. The van der Waals surface area contributed by atoms with Gasteiger partial charge in [0, 0.05) is 22.7 Å². The van der Waals surface area contributed by atoms with Crippen molar-refractivity contribution in [2.24, 2.45) is 0 Å². The number of halogens is 1. The van der Waals surface area contributed by atoms with E-state index in [0.717, 1.165) is 37.2 Å². The maximum atomic E-state index is 14.3. The van der Waals surface area contributed by atoms with E-state index in [1.807, 2.05) is 11.0 Å². The number of nitrogens with one attached hydrogen (secondary N) is 1. The average Bonchev–Trinajstić information content (AvgIpc) is 3.02. The SMILES string of the molecule is C=CC[C@H]1N(C(=O)c2cc(OC)cc(OC)c2)c2ccc(F)cc2C12CCNCC2. The maximum absolute atomic E-state index is 14.3. The molecule has 0 bridgehead atoms. The van der Waals surface area contributed by atoms with Crippen LogP contribution in [-0.2, 0) is 5.41 Å². The normalized spacial score (nSPS) is 19.4. The Morgan fingerprint density at radius 1 is 1.20 bits per heavy atom. The van der Waals surface area contributed by atoms with Crippen LogP contribution < -0.4 is 19.7 Å². The van der Waals surface area contributed by atoms with E-state index in [9.17, 15) is 9.18 Å². The molecular weight excluding hydrogens is 383 g/mol. The highest BCUT2D eigenvalue weighted by Gasteiger charge is 2.52. The molecule has 1 saturated heterocycles. The van der Waals surface area contributed by atoms with E-state index in [1.54, 1.807) is 44.6 Å². The van der Waals surface area contributed by atoms with Crippen molar-refractivity contribution in [1.29, 1.82) is 0 Å². The molecule has 0 aliphatic carbocycles. The number of methoxy groups -OCH3 is 2. The molecule has 1 amide bonds. The van der Waals surface area contributed by atoms with Crippen LogP contribution in [0.2, 0.25) is 0 Å². The van der Waals surface area contributed by atoms with Crippen LogP contribution in [0.1, 0.15) is 35.2 Å². The summed E-state index contributed by atoms with van der Waals surface area (Å²) in [7, 11) is 3.11. The first-order valence-electron chi connectivity index (χ1n) is 10.2. The van der Waals surface area contributed by atoms with Gasteiger partial charge in [0.05, 0.1) is 20.3 Å². The molecule has 1 atom stereocenters. The van der Waals surface area contributed by atoms with E-state index in [4.69, 9.17) is 9.47 Å². The van der Waals surface area contributed by atoms with Gasteiger partial charge in [0.25, 0.3) is 5.91 Å². The van der Waals surface area contributed by atoms with Gasteiger partial charge in [-0.05, 0) is 68.2 Å². The van der Waals surface area contributed by atoms with Crippen molar-refractivity contribution in [2.45, 2.75) is 30.7 Å². The van der Waals surface area contributed by atoms with Crippen molar-refractivity contribution < 1.29 is 18.7 Å². The zero-order chi connectivity index (χ0) is 21.3. The minimum Gasteiger partial charge on any atom is -0.497 e. The van der Waals surface area contributed by atoms with Crippen LogP contribution in [0.4, 0.5) is 10.1 Å². The lowest BCUT2D eigenvalue weighted by Gasteiger charge is -2.41. The van der Waals surface area contributed by atoms with Crippen molar-refractivity contribution in [2.75, 3.05) is 32.2 Å². The minimum atomic E-state index is -0.296. The number of anilines is 1. The van der Waals surface area contributed by atoms with Gasteiger partial charge >= 0.3 is 0 Å². The zero-order valence-corrected chi connectivity index (χ0v) is 17.4. The highest BCUT2D eigenvalue weighted by molar-refractivity contribution is 6.09. The second-order valence-electron chi connectivity index (χ2n) is 7.88. The fourth-order valence-electron chi connectivity index (χ4n) is 5.00. The van der Waals surface area contributed by atoms with Gasteiger partial charge in [-0.15, -0.1) is 6.58 Å². The molecule has 0 unspecified atom stereocenters. The molecular formula is C24H27FN2O3. The summed E-state index contributed by atoms with van der Waals surface area (Å²) in [6.45, 7) is 5.60. The van der Waals surface area contributed by atoms with Crippen molar-refractivity contribution in [3.8, 4) is 11.5 Å². The van der Waals surface area contributed by atoms with Gasteiger partial charge in [0.2, 0.25) is 0 Å². The lowest BCUT2D eigenvalue weighted by molar-refractivity contribution is 0.0963. The van der Waals surface area contributed by atoms with E-state index < -0.39 is 0 Å². The summed E-state index contributed by atoms with van der Waals surface area (Å²) < 4.78 is 25.0. The first kappa shape index (κ1) is 20.4. The summed E-state index contributed by atoms with van der Waals surface area (Å²) in [6, 6.07) is 9.80. The van der Waals surface area contributed by atoms with Gasteiger partial charge in [-0.25, -0.2) is 4.39 Å². The largest absolute Gasteiger partial charge is 0.497 e. The third kappa shape index (κ3) is 3.25. The summed E-state index contributed by atoms with van der Waals surface area (Å²) in [5.74, 6) is 0.671. The van der Waals surface area contributed by atoms with Crippen molar-refractivity contribution in [3.05, 3.63) is 66.0 Å². The second kappa shape index (κ2) is 8.11. The van der Waals surface area contributed by atoms with Crippen LogP contribution in [-0.4, -0.2) is 39.3 Å². The molecule has 1 fully saturated rings. The van der Waals surface area contributed by atoms with Gasteiger partial charge < -0.3 is 19.7 Å². The molecule has 0 radical (unpaired) electrons. The third-order valence-electron chi connectivity index (χ3n) is 6.41. The van der Waals surface area contributed by atoms with E-state index in [0.29, 0.717) is 23.5 Å². The Hall–Kier alpha value is -2.86. The average molecular weight is 410 g/mol. The smallest absolute Gasteiger partial charge is 0.258 e. The van der Waals surface area contributed by atoms with Crippen LogP contribution in [0.15, 0.2) is 49.1 Å². The van der Waals surface area contributed by atoms with Gasteiger partial charge in [-0.2, -0.15) is 0 Å². The quantitative estimate of drug-likeness (QED) is 0.755. The Labute approximate surface area is 176 Å². The Balaban J connectivity index is 1.86. The Morgan fingerprint density at radius 3 is 2.47 bits per heavy atom. The van der Waals surface area contributed by atoms with Crippen LogP contribution in [0.3, 0.4) is 0 Å². The molecule has 2 aromatic rings. The summed E-state index contributed by atoms with van der Waals surface area (Å²) in [6.07, 6.45) is 4.16. The van der Waals surface area contributed by atoms with Gasteiger partial charge in [0.15, 0.2) is 0 Å². The molecule has 0 saturated carbocycles. The number of piperidine rings is 1. The number of rotatable bonds is 5. The summed E-state index contributed by atoms with van der Waals surface area (Å²) in [4.78, 5) is 15.6. The van der Waals surface area contributed by atoms with Crippen molar-refractivity contribution in [3.63, 3.8) is 0 Å². The predicted molar refractivity (Wildman–Crippen MR) is 115 cm³/mol. The van der Waals surface area contributed by atoms with E-state index in [1.165, 1.54) is 6.07 Å². The van der Waals surface area contributed by atoms with Crippen LogP contribution in [0.5, 0.6) is 11.5 Å². The van der Waals surface area contributed by atoms with Crippen molar-refractivity contribution >= 4 is 11.6 Å². The lowest BCUT2D eigenvalue weighted by atomic mass is 9.69. The number of nitrogens with zero attached hydrogens (tertiary/aromatic N) is 1. The molecule has 158 valence electrons. The van der Waals surface area contributed by atoms with Crippen LogP contribution in [0.25, 0.3) is 0 Å². The summed E-state index contributed by atoms with van der Waals surface area (Å²) in [5.41, 5.74) is 1.87. The van der Waals surface area contributed by atoms with Gasteiger partial charge in [-0.1, -0.05) is 6.08 Å². The van der Waals surface area contributed by atoms with E-state index in [2.05, 4.69) is 11.9 Å². The Kier molecular flexibility index (Phi) is 5.52. The topological polar surface area (TPSA) is 50.8 Å². The Bertz CT molecular complexity index is 947. The predicted octanol–water partition coefficient (Wildman–Crippen LogP) is 4.07. The highest BCUT2D eigenvalue weighted by Crippen LogP contribution is 2.52. The third-order valence-corrected chi connectivity index (χ3v) is 6.41. The fourth-order valence-corrected chi connectivity index (χ4v) is 5.00. The number of fused-ring (bicyclic) bond motifs is 2. The summed E-state index contributed by atoms with van der Waals surface area (Å²) in [5, 5.41) is 3.39. The number of carbonyl (C=O) groups excluding carboxylic acids is 1. The maximum Gasteiger partial charge on any atom is 0.258 e. The molecule has 2 aromatic carbocycles. The molecule has 4 rings (SSSR count). The summed E-state index contributed by atoms with van der Waals surface area (Å²) >= 11 is 0. The number of hydrogen-bond acceptors (Lipinski definition) is 4. The zero-order valence-electron chi connectivity index (χ0n) is 17.4. The minimum absolute atomic E-state index is 0.126.